The van der Waals surface area contributed by atoms with Crippen molar-refractivity contribution >= 4 is 34.9 Å². The van der Waals surface area contributed by atoms with Crippen LogP contribution in [0.4, 0.5) is 5.69 Å². The molecule has 0 unspecified atom stereocenters. The summed E-state index contributed by atoms with van der Waals surface area (Å²) in [4.78, 5) is 34.9. The molecule has 0 aliphatic heterocycles. The van der Waals surface area contributed by atoms with E-state index in [4.69, 9.17) is 16.3 Å². The van der Waals surface area contributed by atoms with E-state index in [1.165, 1.54) is 13.0 Å². The summed E-state index contributed by atoms with van der Waals surface area (Å²) in [5.74, 6) is -1.29. The standard InChI is InChI=1S/C17H14ClNO4/c1-11(20)12-5-4-6-13(9-12)19-16(21)10-23-17(22)14-7-2-3-8-15(14)18/h2-9H,10H2,1H3,(H,19,21). The number of rotatable bonds is 5. The number of anilines is 1. The maximum Gasteiger partial charge on any atom is 0.340 e. The summed E-state index contributed by atoms with van der Waals surface area (Å²) in [7, 11) is 0. The molecule has 0 fully saturated rings. The molecule has 0 radical (unpaired) electrons. The number of benzene rings is 2. The lowest BCUT2D eigenvalue weighted by molar-refractivity contribution is -0.119. The third-order valence-corrected chi connectivity index (χ3v) is 3.31. The molecule has 0 aliphatic rings. The van der Waals surface area contributed by atoms with Gasteiger partial charge in [-0.05, 0) is 31.2 Å². The van der Waals surface area contributed by atoms with Gasteiger partial charge in [-0.1, -0.05) is 35.9 Å². The molecule has 6 heteroatoms. The third-order valence-electron chi connectivity index (χ3n) is 2.98. The number of amides is 1. The first kappa shape index (κ1) is 16.7. The van der Waals surface area contributed by atoms with E-state index in [1.807, 2.05) is 0 Å². The van der Waals surface area contributed by atoms with E-state index in [0.29, 0.717) is 11.3 Å². The Morgan fingerprint density at radius 1 is 1.09 bits per heavy atom. The quantitative estimate of drug-likeness (QED) is 0.673. The highest BCUT2D eigenvalue weighted by atomic mass is 35.5. The fourth-order valence-electron chi connectivity index (χ4n) is 1.85. The van der Waals surface area contributed by atoms with Gasteiger partial charge in [0.25, 0.3) is 5.91 Å². The van der Waals surface area contributed by atoms with Crippen LogP contribution in [0.1, 0.15) is 27.6 Å². The van der Waals surface area contributed by atoms with Gasteiger partial charge >= 0.3 is 5.97 Å². The number of carbonyl (C=O) groups is 3. The molecule has 1 amide bonds. The monoisotopic (exact) mass is 331 g/mol. The van der Waals surface area contributed by atoms with Crippen LogP contribution in [0.3, 0.4) is 0 Å². The van der Waals surface area contributed by atoms with Crippen LogP contribution in [0.5, 0.6) is 0 Å². The first-order valence-electron chi connectivity index (χ1n) is 6.80. The van der Waals surface area contributed by atoms with Crippen molar-refractivity contribution in [3.05, 3.63) is 64.7 Å². The van der Waals surface area contributed by atoms with Crippen LogP contribution >= 0.6 is 11.6 Å². The SMILES string of the molecule is CC(=O)c1cccc(NC(=O)COC(=O)c2ccccc2Cl)c1. The van der Waals surface area contributed by atoms with Crippen molar-refractivity contribution in [1.82, 2.24) is 0 Å². The van der Waals surface area contributed by atoms with Gasteiger partial charge in [0.15, 0.2) is 12.4 Å². The molecular formula is C17H14ClNO4. The minimum absolute atomic E-state index is 0.105. The Labute approximate surface area is 138 Å². The highest BCUT2D eigenvalue weighted by molar-refractivity contribution is 6.33. The lowest BCUT2D eigenvalue weighted by Crippen LogP contribution is -2.21. The van der Waals surface area contributed by atoms with Crippen LogP contribution in [0.25, 0.3) is 0 Å². The predicted octanol–water partition coefficient (Wildman–Crippen LogP) is 3.34. The molecule has 2 aromatic rings. The van der Waals surface area contributed by atoms with Crippen molar-refractivity contribution < 1.29 is 19.1 Å². The number of carbonyl (C=O) groups excluding carboxylic acids is 3. The summed E-state index contributed by atoms with van der Waals surface area (Å²) in [6.07, 6.45) is 0. The Hall–Kier alpha value is -2.66. The van der Waals surface area contributed by atoms with Gasteiger partial charge in [-0.25, -0.2) is 4.79 Å². The van der Waals surface area contributed by atoms with E-state index < -0.39 is 18.5 Å². The highest BCUT2D eigenvalue weighted by Crippen LogP contribution is 2.16. The molecule has 0 bridgehead atoms. The van der Waals surface area contributed by atoms with Crippen LogP contribution < -0.4 is 5.32 Å². The Bertz CT molecular complexity index is 758. The van der Waals surface area contributed by atoms with Crippen molar-refractivity contribution in [3.8, 4) is 0 Å². The zero-order valence-corrected chi connectivity index (χ0v) is 13.1. The number of nitrogens with one attached hydrogen (secondary N) is 1. The van der Waals surface area contributed by atoms with Crippen LogP contribution in [-0.4, -0.2) is 24.3 Å². The van der Waals surface area contributed by atoms with Crippen molar-refractivity contribution in [3.63, 3.8) is 0 Å². The molecule has 0 heterocycles. The van der Waals surface area contributed by atoms with Crippen molar-refractivity contribution in [1.29, 1.82) is 0 Å². The lowest BCUT2D eigenvalue weighted by Gasteiger charge is -2.08. The number of esters is 1. The van der Waals surface area contributed by atoms with Crippen LogP contribution in [-0.2, 0) is 9.53 Å². The number of ketones is 1. The summed E-state index contributed by atoms with van der Waals surface area (Å²) in [6, 6.07) is 12.9. The van der Waals surface area contributed by atoms with Gasteiger partial charge < -0.3 is 10.1 Å². The Morgan fingerprint density at radius 2 is 1.83 bits per heavy atom. The average molecular weight is 332 g/mol. The summed E-state index contributed by atoms with van der Waals surface area (Å²) in [6.45, 7) is 0.987. The molecular weight excluding hydrogens is 318 g/mol. The molecule has 5 nitrogen and oxygen atoms in total. The molecule has 0 aromatic heterocycles. The fourth-order valence-corrected chi connectivity index (χ4v) is 2.06. The number of ether oxygens (including phenoxy) is 1. The van der Waals surface area contributed by atoms with Crippen LogP contribution in [0.2, 0.25) is 5.02 Å². The molecule has 2 aromatic carbocycles. The summed E-state index contributed by atoms with van der Waals surface area (Å²) in [5, 5.41) is 2.81. The molecule has 118 valence electrons. The third kappa shape index (κ3) is 4.66. The summed E-state index contributed by atoms with van der Waals surface area (Å²) < 4.78 is 4.92. The Kier molecular flexibility index (Phi) is 5.49. The van der Waals surface area contributed by atoms with E-state index in [-0.39, 0.29) is 16.4 Å². The van der Waals surface area contributed by atoms with Gasteiger partial charge in [0, 0.05) is 11.3 Å². The number of Topliss-reactive ketones (excluding diaryl/α,β-unsaturated/α-hetero) is 1. The van der Waals surface area contributed by atoms with E-state index in [0.717, 1.165) is 0 Å². The molecule has 2 rings (SSSR count). The van der Waals surface area contributed by atoms with Gasteiger partial charge in [0.1, 0.15) is 0 Å². The summed E-state index contributed by atoms with van der Waals surface area (Å²) >= 11 is 5.88. The number of halogens is 1. The normalized spacial score (nSPS) is 10.0. The maximum absolute atomic E-state index is 11.8. The van der Waals surface area contributed by atoms with Crippen molar-refractivity contribution in [2.45, 2.75) is 6.92 Å². The first-order valence-corrected chi connectivity index (χ1v) is 7.17. The second kappa shape index (κ2) is 7.56. The summed E-state index contributed by atoms with van der Waals surface area (Å²) in [5.41, 5.74) is 1.13. The molecule has 0 saturated carbocycles. The van der Waals surface area contributed by atoms with E-state index in [2.05, 4.69) is 5.32 Å². The van der Waals surface area contributed by atoms with E-state index in [1.54, 1.807) is 42.5 Å². The zero-order valence-electron chi connectivity index (χ0n) is 12.3. The average Bonchev–Trinajstić information content (AvgIpc) is 2.53. The molecule has 1 N–H and O–H groups in total. The van der Waals surface area contributed by atoms with Crippen LogP contribution in [0.15, 0.2) is 48.5 Å². The van der Waals surface area contributed by atoms with Gasteiger partial charge in [-0.2, -0.15) is 0 Å². The molecule has 0 spiro atoms. The van der Waals surface area contributed by atoms with Crippen LogP contribution in [0, 0.1) is 0 Å². The van der Waals surface area contributed by atoms with Gasteiger partial charge in [0.05, 0.1) is 10.6 Å². The molecule has 0 aliphatic carbocycles. The van der Waals surface area contributed by atoms with Gasteiger partial charge in [-0.15, -0.1) is 0 Å². The molecule has 0 atom stereocenters. The largest absolute Gasteiger partial charge is 0.452 e. The van der Waals surface area contributed by atoms with E-state index in [9.17, 15) is 14.4 Å². The topological polar surface area (TPSA) is 72.5 Å². The smallest absolute Gasteiger partial charge is 0.340 e. The van der Waals surface area contributed by atoms with E-state index >= 15 is 0 Å². The first-order chi connectivity index (χ1) is 11.0. The van der Waals surface area contributed by atoms with Crippen molar-refractivity contribution in [2.24, 2.45) is 0 Å². The number of hydrogen-bond acceptors (Lipinski definition) is 4. The zero-order chi connectivity index (χ0) is 16.8. The minimum atomic E-state index is -0.678. The lowest BCUT2D eigenvalue weighted by atomic mass is 10.1. The Morgan fingerprint density at radius 3 is 2.52 bits per heavy atom. The maximum atomic E-state index is 11.8. The molecule has 0 saturated heterocycles. The number of hydrogen-bond donors (Lipinski definition) is 1. The van der Waals surface area contributed by atoms with Gasteiger partial charge in [0.2, 0.25) is 0 Å². The molecule has 23 heavy (non-hydrogen) atoms. The highest BCUT2D eigenvalue weighted by Gasteiger charge is 2.13. The second-order valence-corrected chi connectivity index (χ2v) is 5.15. The van der Waals surface area contributed by atoms with Crippen molar-refractivity contribution in [2.75, 3.05) is 11.9 Å². The Balaban J connectivity index is 1.93. The minimum Gasteiger partial charge on any atom is -0.452 e. The van der Waals surface area contributed by atoms with Gasteiger partial charge in [-0.3, -0.25) is 9.59 Å². The fraction of sp³-hybridized carbons (Fsp3) is 0.118. The predicted molar refractivity (Wildman–Crippen MR) is 86.8 cm³/mol. The second-order valence-electron chi connectivity index (χ2n) is 4.74.